The van der Waals surface area contributed by atoms with Crippen molar-refractivity contribution in [3.63, 3.8) is 0 Å². The van der Waals surface area contributed by atoms with Gasteiger partial charge in [-0.25, -0.2) is 13.1 Å². The first-order chi connectivity index (χ1) is 15.8. The SMILES string of the molecule is Cc1ccc(OCc2ccc(C(=O)N3CCC(NS(=O)(=O)c4ccccc4)CC3)o2)c(C)c1. The van der Waals surface area contributed by atoms with E-state index in [1.54, 1.807) is 47.4 Å². The molecule has 0 spiro atoms. The van der Waals surface area contributed by atoms with Gasteiger partial charge in [-0.2, -0.15) is 0 Å². The van der Waals surface area contributed by atoms with Gasteiger partial charge in [-0.15, -0.1) is 0 Å². The van der Waals surface area contributed by atoms with Crippen molar-refractivity contribution in [2.75, 3.05) is 13.1 Å². The molecule has 1 aromatic heterocycles. The minimum absolute atomic E-state index is 0.197. The van der Waals surface area contributed by atoms with E-state index >= 15 is 0 Å². The zero-order valence-corrected chi connectivity index (χ0v) is 19.6. The third kappa shape index (κ3) is 5.64. The number of hydrogen-bond donors (Lipinski definition) is 1. The van der Waals surface area contributed by atoms with E-state index in [1.165, 1.54) is 5.56 Å². The zero-order chi connectivity index (χ0) is 23.4. The summed E-state index contributed by atoms with van der Waals surface area (Å²) < 4.78 is 39.3. The van der Waals surface area contributed by atoms with Gasteiger partial charge in [-0.3, -0.25) is 4.79 Å². The van der Waals surface area contributed by atoms with Crippen LogP contribution in [0.15, 0.2) is 70.0 Å². The number of benzene rings is 2. The van der Waals surface area contributed by atoms with Crippen LogP contribution in [0.2, 0.25) is 0 Å². The van der Waals surface area contributed by atoms with Gasteiger partial charge in [0.15, 0.2) is 5.76 Å². The van der Waals surface area contributed by atoms with Gasteiger partial charge in [-0.05, 0) is 62.6 Å². The van der Waals surface area contributed by atoms with Crippen molar-refractivity contribution >= 4 is 15.9 Å². The molecular weight excluding hydrogens is 440 g/mol. The van der Waals surface area contributed by atoms with Crippen molar-refractivity contribution in [1.29, 1.82) is 0 Å². The Bertz CT molecular complexity index is 1210. The maximum Gasteiger partial charge on any atom is 0.289 e. The number of nitrogens with zero attached hydrogens (tertiary/aromatic N) is 1. The van der Waals surface area contributed by atoms with Gasteiger partial charge in [0, 0.05) is 19.1 Å². The highest BCUT2D eigenvalue weighted by molar-refractivity contribution is 7.89. The van der Waals surface area contributed by atoms with Crippen molar-refractivity contribution in [3.8, 4) is 5.75 Å². The van der Waals surface area contributed by atoms with E-state index in [4.69, 9.17) is 9.15 Å². The normalized spacial score (nSPS) is 14.9. The summed E-state index contributed by atoms with van der Waals surface area (Å²) in [6.07, 6.45) is 1.09. The Morgan fingerprint density at radius 3 is 2.48 bits per heavy atom. The fourth-order valence-corrected chi connectivity index (χ4v) is 5.25. The van der Waals surface area contributed by atoms with Crippen molar-refractivity contribution < 1.29 is 22.4 Å². The summed E-state index contributed by atoms with van der Waals surface area (Å²) in [6.45, 7) is 5.16. The molecule has 0 unspecified atom stereocenters. The first kappa shape index (κ1) is 23.1. The van der Waals surface area contributed by atoms with E-state index in [2.05, 4.69) is 10.8 Å². The smallest absolute Gasteiger partial charge is 0.289 e. The fraction of sp³-hybridized carbons (Fsp3) is 0.320. The second kappa shape index (κ2) is 9.80. The molecule has 0 saturated carbocycles. The molecule has 1 fully saturated rings. The predicted molar refractivity (Wildman–Crippen MR) is 125 cm³/mol. The lowest BCUT2D eigenvalue weighted by atomic mass is 10.1. The third-order valence-electron chi connectivity index (χ3n) is 5.73. The summed E-state index contributed by atoms with van der Waals surface area (Å²) in [5, 5.41) is 0. The molecule has 174 valence electrons. The number of ether oxygens (including phenoxy) is 1. The lowest BCUT2D eigenvalue weighted by Crippen LogP contribution is -2.46. The molecule has 33 heavy (non-hydrogen) atoms. The molecule has 0 radical (unpaired) electrons. The monoisotopic (exact) mass is 468 g/mol. The van der Waals surface area contributed by atoms with Gasteiger partial charge in [-0.1, -0.05) is 35.9 Å². The van der Waals surface area contributed by atoms with Gasteiger partial charge < -0.3 is 14.1 Å². The number of aryl methyl sites for hydroxylation is 2. The van der Waals surface area contributed by atoms with Crippen LogP contribution in [0, 0.1) is 13.8 Å². The molecule has 2 heterocycles. The Hall–Kier alpha value is -3.10. The number of rotatable bonds is 7. The van der Waals surface area contributed by atoms with Gasteiger partial charge in [0.25, 0.3) is 5.91 Å². The second-order valence-electron chi connectivity index (χ2n) is 8.32. The van der Waals surface area contributed by atoms with Crippen LogP contribution in [-0.2, 0) is 16.6 Å². The van der Waals surface area contributed by atoms with Crippen LogP contribution in [0.4, 0.5) is 0 Å². The largest absolute Gasteiger partial charge is 0.485 e. The molecule has 4 rings (SSSR count). The van der Waals surface area contributed by atoms with Crippen molar-refractivity contribution in [2.45, 2.75) is 44.2 Å². The van der Waals surface area contributed by atoms with Crippen LogP contribution in [0.5, 0.6) is 5.75 Å². The lowest BCUT2D eigenvalue weighted by molar-refractivity contribution is 0.0675. The van der Waals surface area contributed by atoms with Gasteiger partial charge in [0.05, 0.1) is 4.90 Å². The number of hydrogen-bond acceptors (Lipinski definition) is 5. The van der Waals surface area contributed by atoms with E-state index in [1.807, 2.05) is 26.0 Å². The average molecular weight is 469 g/mol. The number of likely N-dealkylation sites (tertiary alicyclic amines) is 1. The zero-order valence-electron chi connectivity index (χ0n) is 18.8. The molecule has 0 atom stereocenters. The highest BCUT2D eigenvalue weighted by Gasteiger charge is 2.28. The van der Waals surface area contributed by atoms with Crippen LogP contribution >= 0.6 is 0 Å². The predicted octanol–water partition coefficient (Wildman–Crippen LogP) is 4.06. The van der Waals surface area contributed by atoms with Gasteiger partial charge in [0.2, 0.25) is 10.0 Å². The Morgan fingerprint density at radius 1 is 1.06 bits per heavy atom. The maximum absolute atomic E-state index is 12.8. The summed E-state index contributed by atoms with van der Waals surface area (Å²) in [5.41, 5.74) is 2.21. The second-order valence-corrected chi connectivity index (χ2v) is 10.0. The van der Waals surface area contributed by atoms with Crippen LogP contribution in [0.25, 0.3) is 0 Å². The summed E-state index contributed by atoms with van der Waals surface area (Å²) >= 11 is 0. The molecule has 3 aromatic rings. The molecular formula is C25H28N2O5S. The van der Waals surface area contributed by atoms with Crippen LogP contribution in [0.3, 0.4) is 0 Å². The molecule has 1 aliphatic heterocycles. The number of sulfonamides is 1. The number of nitrogens with one attached hydrogen (secondary N) is 1. The molecule has 7 nitrogen and oxygen atoms in total. The molecule has 0 aliphatic carbocycles. The quantitative estimate of drug-likeness (QED) is 0.565. The number of carbonyl (C=O) groups is 1. The van der Waals surface area contributed by atoms with Gasteiger partial charge >= 0.3 is 0 Å². The molecule has 0 bridgehead atoms. The molecule has 8 heteroatoms. The first-order valence-corrected chi connectivity index (χ1v) is 12.5. The standard InChI is InChI=1S/C25H28N2O5S/c1-18-8-10-23(19(2)16-18)31-17-21-9-11-24(32-21)25(28)27-14-12-20(13-15-27)26-33(29,30)22-6-4-3-5-7-22/h3-11,16,20,26H,12-15,17H2,1-2H3. The van der Waals surface area contributed by atoms with Crippen LogP contribution in [-0.4, -0.2) is 38.4 Å². The topological polar surface area (TPSA) is 88.9 Å². The maximum atomic E-state index is 12.8. The van der Waals surface area contributed by atoms with E-state index in [0.717, 1.165) is 11.3 Å². The van der Waals surface area contributed by atoms with Crippen LogP contribution in [0.1, 0.15) is 40.3 Å². The minimum atomic E-state index is -3.57. The Labute approximate surface area is 194 Å². The number of carbonyl (C=O) groups excluding carboxylic acids is 1. The molecule has 2 aromatic carbocycles. The molecule has 1 amide bonds. The average Bonchev–Trinajstić information content (AvgIpc) is 3.28. The van der Waals surface area contributed by atoms with E-state index < -0.39 is 10.0 Å². The molecule has 1 aliphatic rings. The Balaban J connectivity index is 1.30. The van der Waals surface area contributed by atoms with Gasteiger partial charge in [0.1, 0.15) is 18.1 Å². The Kier molecular flexibility index (Phi) is 6.85. The highest BCUT2D eigenvalue weighted by Crippen LogP contribution is 2.22. The summed E-state index contributed by atoms with van der Waals surface area (Å²) in [6, 6.07) is 17.5. The van der Waals surface area contributed by atoms with E-state index in [-0.39, 0.29) is 29.2 Å². The summed E-state index contributed by atoms with van der Waals surface area (Å²) in [4.78, 5) is 14.8. The minimum Gasteiger partial charge on any atom is -0.485 e. The lowest BCUT2D eigenvalue weighted by Gasteiger charge is -2.31. The fourth-order valence-electron chi connectivity index (χ4n) is 3.92. The third-order valence-corrected chi connectivity index (χ3v) is 7.27. The van der Waals surface area contributed by atoms with E-state index in [0.29, 0.717) is 31.7 Å². The summed E-state index contributed by atoms with van der Waals surface area (Å²) in [7, 11) is -3.57. The summed E-state index contributed by atoms with van der Waals surface area (Å²) in [5.74, 6) is 1.42. The van der Waals surface area contributed by atoms with Crippen molar-refractivity contribution in [3.05, 3.63) is 83.3 Å². The van der Waals surface area contributed by atoms with Crippen molar-refractivity contribution in [2.24, 2.45) is 0 Å². The first-order valence-electron chi connectivity index (χ1n) is 11.0. The Morgan fingerprint density at radius 2 is 1.79 bits per heavy atom. The number of amides is 1. The number of piperidine rings is 1. The van der Waals surface area contributed by atoms with Crippen LogP contribution < -0.4 is 9.46 Å². The molecule has 1 saturated heterocycles. The van der Waals surface area contributed by atoms with E-state index in [9.17, 15) is 13.2 Å². The molecule has 1 N–H and O–H groups in total. The van der Waals surface area contributed by atoms with Crippen molar-refractivity contribution in [1.82, 2.24) is 9.62 Å². The number of furan rings is 1. The highest BCUT2D eigenvalue weighted by atomic mass is 32.2.